The summed E-state index contributed by atoms with van der Waals surface area (Å²) in [4.78, 5) is 16.6. The second-order valence-electron chi connectivity index (χ2n) is 7.04. The fourth-order valence-corrected chi connectivity index (χ4v) is 4.01. The van der Waals surface area contributed by atoms with Gasteiger partial charge in [-0.25, -0.2) is 4.98 Å². The van der Waals surface area contributed by atoms with Crippen molar-refractivity contribution in [3.05, 3.63) is 35.1 Å². The molecule has 0 saturated heterocycles. The second kappa shape index (κ2) is 9.46. The van der Waals surface area contributed by atoms with Crippen LogP contribution in [0.1, 0.15) is 38.9 Å². The van der Waals surface area contributed by atoms with E-state index in [1.54, 1.807) is 24.3 Å². The van der Waals surface area contributed by atoms with Gasteiger partial charge in [0.05, 0.1) is 5.75 Å². The Morgan fingerprint density at radius 2 is 2.11 bits per heavy atom. The summed E-state index contributed by atoms with van der Waals surface area (Å²) >= 11 is 7.17. The summed E-state index contributed by atoms with van der Waals surface area (Å²) < 4.78 is 5.63. The van der Waals surface area contributed by atoms with Crippen molar-refractivity contribution in [3.8, 4) is 5.75 Å². The summed E-state index contributed by atoms with van der Waals surface area (Å²) in [5.41, 5.74) is 0. The van der Waals surface area contributed by atoms with E-state index in [0.717, 1.165) is 6.42 Å². The number of carbonyl (C=O) groups excluding carboxylic acids is 1. The number of thioether (sulfide) groups is 1. The van der Waals surface area contributed by atoms with Gasteiger partial charge in [-0.3, -0.25) is 9.89 Å². The van der Waals surface area contributed by atoms with Crippen LogP contribution in [0.2, 0.25) is 5.02 Å². The van der Waals surface area contributed by atoms with Crippen LogP contribution in [0, 0.1) is 11.8 Å². The quantitative estimate of drug-likeness (QED) is 0.675. The number of hydrogen-bond acceptors (Lipinski definition) is 5. The van der Waals surface area contributed by atoms with Crippen molar-refractivity contribution in [2.45, 2.75) is 50.9 Å². The highest BCUT2D eigenvalue weighted by atomic mass is 35.5. The van der Waals surface area contributed by atoms with Gasteiger partial charge in [0.2, 0.25) is 11.1 Å². The monoisotopic (exact) mass is 408 g/mol. The summed E-state index contributed by atoms with van der Waals surface area (Å²) in [5.74, 6) is 2.85. The maximum absolute atomic E-state index is 12.2. The molecule has 0 aliphatic heterocycles. The maximum Gasteiger partial charge on any atom is 0.230 e. The Morgan fingerprint density at radius 1 is 1.33 bits per heavy atom. The van der Waals surface area contributed by atoms with E-state index in [4.69, 9.17) is 16.3 Å². The molecule has 146 valence electrons. The Hall–Kier alpha value is -1.73. The fourth-order valence-electron chi connectivity index (χ4n) is 3.25. The van der Waals surface area contributed by atoms with Crippen molar-refractivity contribution in [1.29, 1.82) is 0 Å². The molecular weight excluding hydrogens is 384 g/mol. The molecule has 1 aliphatic rings. The van der Waals surface area contributed by atoms with E-state index >= 15 is 0 Å². The topological polar surface area (TPSA) is 79.9 Å². The second-order valence-corrected chi connectivity index (χ2v) is 8.42. The summed E-state index contributed by atoms with van der Waals surface area (Å²) in [5, 5.41) is 11.4. The Labute approximate surface area is 168 Å². The molecule has 1 aliphatic carbocycles. The molecule has 2 N–H and O–H groups in total. The normalized spacial score (nSPS) is 22.4. The van der Waals surface area contributed by atoms with Gasteiger partial charge < -0.3 is 10.1 Å². The van der Waals surface area contributed by atoms with E-state index in [1.807, 2.05) is 0 Å². The number of nitrogens with zero attached hydrogens (tertiary/aromatic N) is 2. The number of H-pyrrole nitrogens is 1. The van der Waals surface area contributed by atoms with Gasteiger partial charge in [0.15, 0.2) is 5.82 Å². The lowest BCUT2D eigenvalue weighted by atomic mass is 9.78. The molecule has 1 aromatic carbocycles. The Balaban J connectivity index is 1.42. The van der Waals surface area contributed by atoms with Gasteiger partial charge in [0.1, 0.15) is 12.4 Å². The largest absolute Gasteiger partial charge is 0.486 e. The Bertz CT molecular complexity index is 752. The maximum atomic E-state index is 12.2. The van der Waals surface area contributed by atoms with Crippen LogP contribution < -0.4 is 10.1 Å². The van der Waals surface area contributed by atoms with Crippen LogP contribution in [0.4, 0.5) is 0 Å². The van der Waals surface area contributed by atoms with E-state index in [-0.39, 0.29) is 18.6 Å². The number of ether oxygens (including phenoxy) is 1. The number of aromatic nitrogens is 3. The molecule has 1 amide bonds. The molecular formula is C19H25ClN4O2S. The van der Waals surface area contributed by atoms with E-state index in [2.05, 4.69) is 34.3 Å². The lowest BCUT2D eigenvalue weighted by Gasteiger charge is -2.34. The predicted molar refractivity (Wildman–Crippen MR) is 107 cm³/mol. The molecule has 3 rings (SSSR count). The van der Waals surface area contributed by atoms with Gasteiger partial charge in [0.25, 0.3) is 0 Å². The average molecular weight is 409 g/mol. The van der Waals surface area contributed by atoms with Gasteiger partial charge in [-0.1, -0.05) is 50.1 Å². The molecule has 0 radical (unpaired) electrons. The Morgan fingerprint density at radius 3 is 2.89 bits per heavy atom. The lowest BCUT2D eigenvalue weighted by Crippen LogP contribution is -2.44. The highest BCUT2D eigenvalue weighted by Gasteiger charge is 2.28. The highest BCUT2D eigenvalue weighted by Crippen LogP contribution is 2.29. The number of aromatic amines is 1. The van der Waals surface area contributed by atoms with Crippen LogP contribution >= 0.6 is 23.4 Å². The molecule has 27 heavy (non-hydrogen) atoms. The van der Waals surface area contributed by atoms with Gasteiger partial charge in [-0.2, -0.15) is 0 Å². The molecule has 0 unspecified atom stereocenters. The molecule has 6 nitrogen and oxygen atoms in total. The number of rotatable bonds is 7. The summed E-state index contributed by atoms with van der Waals surface area (Å²) in [6.45, 7) is 4.77. The molecule has 8 heteroatoms. The summed E-state index contributed by atoms with van der Waals surface area (Å²) in [6, 6.07) is 7.41. The first-order valence-electron chi connectivity index (χ1n) is 9.23. The minimum atomic E-state index is 0.0368. The standard InChI is InChI=1S/C19H25ClN4O2S/c1-12-4-3-5-16(13(12)2)21-18(25)11-27-19-22-17(23-24-19)10-26-15-8-6-14(20)7-9-15/h6-9,12-13,16H,3-5,10-11H2,1-2H3,(H,21,25)(H,22,23,24)/t12-,13-,16+/m1/s1. The van der Waals surface area contributed by atoms with Crippen LogP contribution in [0.25, 0.3) is 0 Å². The van der Waals surface area contributed by atoms with Crippen molar-refractivity contribution in [2.24, 2.45) is 11.8 Å². The molecule has 2 aromatic rings. The summed E-state index contributed by atoms with van der Waals surface area (Å²) in [6.07, 6.45) is 3.50. The third-order valence-electron chi connectivity index (χ3n) is 5.09. The molecule has 1 fully saturated rings. The molecule has 3 atom stereocenters. The minimum absolute atomic E-state index is 0.0368. The lowest BCUT2D eigenvalue weighted by molar-refractivity contribution is -0.120. The molecule has 1 saturated carbocycles. The van der Waals surface area contributed by atoms with Crippen LogP contribution in [-0.4, -0.2) is 32.9 Å². The number of carbonyl (C=O) groups is 1. The number of amides is 1. The number of nitrogens with one attached hydrogen (secondary N) is 2. The van der Waals surface area contributed by atoms with Crippen LogP contribution in [0.3, 0.4) is 0 Å². The molecule has 0 spiro atoms. The first-order chi connectivity index (χ1) is 13.0. The van der Waals surface area contributed by atoms with Crippen LogP contribution in [0.5, 0.6) is 5.75 Å². The van der Waals surface area contributed by atoms with Crippen molar-refractivity contribution in [2.75, 3.05) is 5.75 Å². The SMILES string of the molecule is C[C@@H]1[C@H](C)CCC[C@@H]1NC(=O)CSc1n[nH]c(COc2ccc(Cl)cc2)n1. The van der Waals surface area contributed by atoms with E-state index < -0.39 is 0 Å². The van der Waals surface area contributed by atoms with E-state index in [1.165, 1.54) is 24.6 Å². The predicted octanol–water partition coefficient (Wildman–Crippen LogP) is 4.07. The first-order valence-corrected chi connectivity index (χ1v) is 10.6. The van der Waals surface area contributed by atoms with Crippen molar-refractivity contribution >= 4 is 29.3 Å². The molecule has 0 bridgehead atoms. The van der Waals surface area contributed by atoms with Crippen molar-refractivity contribution in [3.63, 3.8) is 0 Å². The van der Waals surface area contributed by atoms with Crippen LogP contribution in [-0.2, 0) is 11.4 Å². The zero-order valence-corrected chi connectivity index (χ0v) is 17.1. The van der Waals surface area contributed by atoms with Gasteiger partial charge >= 0.3 is 0 Å². The third kappa shape index (κ3) is 5.87. The summed E-state index contributed by atoms with van der Waals surface area (Å²) in [7, 11) is 0. The number of halogens is 1. The van der Waals surface area contributed by atoms with Crippen molar-refractivity contribution in [1.82, 2.24) is 20.5 Å². The number of hydrogen-bond donors (Lipinski definition) is 2. The average Bonchev–Trinajstić information content (AvgIpc) is 3.11. The van der Waals surface area contributed by atoms with E-state index in [9.17, 15) is 4.79 Å². The minimum Gasteiger partial charge on any atom is -0.486 e. The molecule has 1 heterocycles. The highest BCUT2D eigenvalue weighted by molar-refractivity contribution is 7.99. The number of benzene rings is 1. The Kier molecular flexibility index (Phi) is 7.01. The van der Waals surface area contributed by atoms with Crippen molar-refractivity contribution < 1.29 is 9.53 Å². The van der Waals surface area contributed by atoms with Crippen LogP contribution in [0.15, 0.2) is 29.4 Å². The first kappa shape index (κ1) is 20.0. The third-order valence-corrected chi connectivity index (χ3v) is 6.19. The van der Waals surface area contributed by atoms with Gasteiger partial charge in [-0.05, 0) is 42.5 Å². The van der Waals surface area contributed by atoms with E-state index in [0.29, 0.717) is 39.3 Å². The smallest absolute Gasteiger partial charge is 0.230 e. The fraction of sp³-hybridized carbons (Fsp3) is 0.526. The molecule has 1 aromatic heterocycles. The zero-order chi connectivity index (χ0) is 19.2. The van der Waals surface area contributed by atoms with Gasteiger partial charge in [0, 0.05) is 11.1 Å². The zero-order valence-electron chi connectivity index (χ0n) is 15.6. The van der Waals surface area contributed by atoms with Gasteiger partial charge in [-0.15, -0.1) is 5.10 Å².